The van der Waals surface area contributed by atoms with Crippen molar-refractivity contribution in [2.45, 2.75) is 12.1 Å². The molecule has 0 atom stereocenters. The molecule has 0 saturated heterocycles. The van der Waals surface area contributed by atoms with E-state index in [1.165, 1.54) is 17.8 Å². The van der Waals surface area contributed by atoms with Gasteiger partial charge in [-0.25, -0.2) is 4.68 Å². The molecule has 0 aliphatic rings. The Hall–Kier alpha value is -2.02. The Morgan fingerprint density at radius 1 is 1.56 bits per heavy atom. The molecule has 2 aromatic heterocycles. The van der Waals surface area contributed by atoms with E-state index in [2.05, 4.69) is 15.6 Å². The number of amides is 1. The van der Waals surface area contributed by atoms with Crippen LogP contribution in [0.5, 0.6) is 0 Å². The fourth-order valence-corrected chi connectivity index (χ4v) is 1.78. The second kappa shape index (κ2) is 5.54. The molecule has 6 nitrogen and oxygen atoms in total. The predicted octanol–water partition coefficient (Wildman–Crippen LogP) is 1.68. The van der Waals surface area contributed by atoms with Crippen LogP contribution < -0.4 is 5.43 Å². The summed E-state index contributed by atoms with van der Waals surface area (Å²) in [5, 5.41) is 8.43. The van der Waals surface area contributed by atoms with Crippen molar-refractivity contribution in [2.24, 2.45) is 0 Å². The van der Waals surface area contributed by atoms with Crippen molar-refractivity contribution in [2.75, 3.05) is 11.7 Å². The third-order valence-electron chi connectivity index (χ3n) is 2.14. The zero-order chi connectivity index (χ0) is 13.0. The molecule has 0 aliphatic carbocycles. The number of furan rings is 1. The number of hydrogen-bond donors (Lipinski definition) is 1. The van der Waals surface area contributed by atoms with Gasteiger partial charge in [0.2, 0.25) is 5.16 Å². The van der Waals surface area contributed by atoms with Crippen molar-refractivity contribution < 1.29 is 9.21 Å². The van der Waals surface area contributed by atoms with Gasteiger partial charge in [-0.3, -0.25) is 10.2 Å². The molecule has 0 bridgehead atoms. The van der Waals surface area contributed by atoms with E-state index in [-0.39, 0.29) is 5.91 Å². The second-order valence-electron chi connectivity index (χ2n) is 3.39. The lowest BCUT2D eigenvalue weighted by atomic mass is 10.4. The maximum Gasteiger partial charge on any atom is 0.263 e. The molecular formula is C11H12N4O2S. The lowest BCUT2D eigenvalue weighted by Crippen LogP contribution is -2.22. The van der Waals surface area contributed by atoms with Crippen LogP contribution in [-0.2, 0) is 4.79 Å². The molecule has 0 saturated carbocycles. The second-order valence-corrected chi connectivity index (χ2v) is 4.17. The number of aryl methyl sites for hydroxylation is 1. The summed E-state index contributed by atoms with van der Waals surface area (Å²) in [7, 11) is 0. The average Bonchev–Trinajstić information content (AvgIpc) is 2.98. The number of hydrogen-bond acceptors (Lipinski definition) is 5. The molecule has 7 heteroatoms. The summed E-state index contributed by atoms with van der Waals surface area (Å²) in [5.74, 6) is 0.972. The summed E-state index contributed by atoms with van der Waals surface area (Å²) < 4.78 is 6.63. The van der Waals surface area contributed by atoms with Gasteiger partial charge in [-0.15, -0.1) is 10.2 Å². The van der Waals surface area contributed by atoms with Gasteiger partial charge >= 0.3 is 0 Å². The lowest BCUT2D eigenvalue weighted by molar-refractivity contribution is -0.112. The quantitative estimate of drug-likeness (QED) is 0.672. The first-order valence-electron chi connectivity index (χ1n) is 5.19. The fourth-order valence-electron chi connectivity index (χ4n) is 1.30. The van der Waals surface area contributed by atoms with Crippen molar-refractivity contribution >= 4 is 23.7 Å². The summed E-state index contributed by atoms with van der Waals surface area (Å²) >= 11 is 1.41. The van der Waals surface area contributed by atoms with Crippen molar-refractivity contribution in [3.63, 3.8) is 0 Å². The highest BCUT2D eigenvalue weighted by Gasteiger charge is 2.08. The van der Waals surface area contributed by atoms with E-state index in [0.29, 0.717) is 16.7 Å². The normalized spacial score (nSPS) is 11.0. The first-order chi connectivity index (χ1) is 8.70. The summed E-state index contributed by atoms with van der Waals surface area (Å²) in [6, 6.07) is 3.52. The van der Waals surface area contributed by atoms with Gasteiger partial charge in [0.05, 0.1) is 6.26 Å². The standard InChI is InChI=1S/C11H12N4O2S/c1-8-12-13-11(18-2)15(8)14-10(16)6-5-9-4-3-7-17-9/h3-7H,1-2H3,(H,14,16)/b6-5+. The molecule has 18 heavy (non-hydrogen) atoms. The van der Waals surface area contributed by atoms with Gasteiger partial charge in [0.1, 0.15) is 11.6 Å². The molecule has 0 fully saturated rings. The number of carbonyl (C=O) groups excluding carboxylic acids is 1. The van der Waals surface area contributed by atoms with Gasteiger partial charge in [-0.05, 0) is 31.4 Å². The van der Waals surface area contributed by atoms with E-state index in [4.69, 9.17) is 4.42 Å². The van der Waals surface area contributed by atoms with Crippen LogP contribution in [0.4, 0.5) is 0 Å². The molecule has 94 valence electrons. The minimum absolute atomic E-state index is 0.274. The van der Waals surface area contributed by atoms with Crippen LogP contribution in [-0.4, -0.2) is 27.0 Å². The zero-order valence-corrected chi connectivity index (χ0v) is 10.8. The minimum Gasteiger partial charge on any atom is -0.465 e. The van der Waals surface area contributed by atoms with Crippen molar-refractivity contribution in [3.05, 3.63) is 36.1 Å². The molecule has 0 aromatic carbocycles. The Morgan fingerprint density at radius 3 is 3.06 bits per heavy atom. The molecule has 2 aromatic rings. The van der Waals surface area contributed by atoms with Crippen LogP contribution in [0.25, 0.3) is 6.08 Å². The SMILES string of the molecule is CSc1nnc(C)n1NC(=O)/C=C/c1ccco1. The number of rotatable bonds is 4. The Labute approximate surface area is 108 Å². The smallest absolute Gasteiger partial charge is 0.263 e. The van der Waals surface area contributed by atoms with Crippen molar-refractivity contribution in [3.8, 4) is 0 Å². The van der Waals surface area contributed by atoms with E-state index in [0.717, 1.165) is 0 Å². The maximum absolute atomic E-state index is 11.7. The molecule has 0 aliphatic heterocycles. The predicted molar refractivity (Wildman–Crippen MR) is 68.6 cm³/mol. The van der Waals surface area contributed by atoms with Crippen molar-refractivity contribution in [1.82, 2.24) is 14.9 Å². The number of thioether (sulfide) groups is 1. The molecular weight excluding hydrogens is 252 g/mol. The highest BCUT2D eigenvalue weighted by molar-refractivity contribution is 7.98. The van der Waals surface area contributed by atoms with Crippen LogP contribution >= 0.6 is 11.8 Å². The first-order valence-corrected chi connectivity index (χ1v) is 6.42. The zero-order valence-electron chi connectivity index (χ0n) is 9.95. The van der Waals surface area contributed by atoms with Crippen molar-refractivity contribution in [1.29, 1.82) is 0 Å². The molecule has 0 radical (unpaired) electrons. The highest BCUT2D eigenvalue weighted by atomic mass is 32.2. The first kappa shape index (κ1) is 12.4. The van der Waals surface area contributed by atoms with Gasteiger partial charge in [-0.2, -0.15) is 0 Å². The molecule has 1 amide bonds. The van der Waals surface area contributed by atoms with Crippen LogP contribution in [0.3, 0.4) is 0 Å². The number of nitrogens with zero attached hydrogens (tertiary/aromatic N) is 3. The molecule has 0 unspecified atom stereocenters. The van der Waals surface area contributed by atoms with Crippen LogP contribution in [0.15, 0.2) is 34.0 Å². The van der Waals surface area contributed by atoms with Crippen LogP contribution in [0.1, 0.15) is 11.6 Å². The Morgan fingerprint density at radius 2 is 2.39 bits per heavy atom. The van der Waals surface area contributed by atoms with E-state index in [9.17, 15) is 4.79 Å². The summed E-state index contributed by atoms with van der Waals surface area (Å²) in [6.45, 7) is 1.77. The minimum atomic E-state index is -0.274. The number of carbonyl (C=O) groups is 1. The molecule has 2 heterocycles. The van der Waals surface area contributed by atoms with Gasteiger partial charge in [0.15, 0.2) is 0 Å². The third kappa shape index (κ3) is 2.80. The average molecular weight is 264 g/mol. The van der Waals surface area contributed by atoms with Gasteiger partial charge in [0.25, 0.3) is 5.91 Å². The van der Waals surface area contributed by atoms with Gasteiger partial charge < -0.3 is 4.42 Å². The van der Waals surface area contributed by atoms with E-state index in [1.54, 1.807) is 36.1 Å². The topological polar surface area (TPSA) is 73.0 Å². The highest BCUT2D eigenvalue weighted by Crippen LogP contribution is 2.11. The number of aromatic nitrogens is 3. The fraction of sp³-hybridized carbons (Fsp3) is 0.182. The Bertz CT molecular complexity index is 560. The largest absolute Gasteiger partial charge is 0.465 e. The van der Waals surface area contributed by atoms with Gasteiger partial charge in [-0.1, -0.05) is 11.8 Å². The Kier molecular flexibility index (Phi) is 3.83. The summed E-state index contributed by atoms with van der Waals surface area (Å²) in [6.07, 6.45) is 6.40. The molecule has 2 rings (SSSR count). The number of nitrogens with one attached hydrogen (secondary N) is 1. The Balaban J connectivity index is 2.05. The van der Waals surface area contributed by atoms with E-state index < -0.39 is 0 Å². The monoisotopic (exact) mass is 264 g/mol. The third-order valence-corrected chi connectivity index (χ3v) is 2.77. The molecule has 0 spiro atoms. The maximum atomic E-state index is 11.7. The van der Waals surface area contributed by atoms with E-state index in [1.807, 2.05) is 6.26 Å². The molecule has 1 N–H and O–H groups in total. The van der Waals surface area contributed by atoms with Crippen LogP contribution in [0, 0.1) is 6.92 Å². The summed E-state index contributed by atoms with van der Waals surface area (Å²) in [4.78, 5) is 11.7. The van der Waals surface area contributed by atoms with Crippen LogP contribution in [0.2, 0.25) is 0 Å². The summed E-state index contributed by atoms with van der Waals surface area (Å²) in [5.41, 5.74) is 2.68. The lowest BCUT2D eigenvalue weighted by Gasteiger charge is -2.06. The van der Waals surface area contributed by atoms with E-state index >= 15 is 0 Å². The van der Waals surface area contributed by atoms with Gasteiger partial charge in [0, 0.05) is 6.08 Å².